The maximum absolute atomic E-state index is 12.5. The molecular formula is C19H20IN3O4S. The van der Waals surface area contributed by atoms with Crippen LogP contribution in [0, 0.1) is 3.57 Å². The smallest absolute Gasteiger partial charge is 0.270 e. The Kier molecular flexibility index (Phi) is 9.11. The molecule has 0 saturated heterocycles. The van der Waals surface area contributed by atoms with Crippen LogP contribution in [0.25, 0.3) is 0 Å². The summed E-state index contributed by atoms with van der Waals surface area (Å²) in [6.07, 6.45) is 0. The second-order valence-corrected chi connectivity index (χ2v) is 6.95. The molecule has 0 fully saturated rings. The zero-order valence-electron chi connectivity index (χ0n) is 15.2. The van der Waals surface area contributed by atoms with Crippen LogP contribution in [0.1, 0.15) is 27.6 Å². The molecular weight excluding hydrogens is 493 g/mol. The standard InChI is InChI=1S/C19H20IN3O4S/c1-2-26-11-12-27-16-10-6-4-8-14(16)17(24)21-19(28)23-22-18(25)13-7-3-5-9-15(13)20/h3-10H,2,11-12H2,1H3,(H,22,25)(H2,21,23,24,28). The molecule has 28 heavy (non-hydrogen) atoms. The first-order valence-electron chi connectivity index (χ1n) is 8.48. The van der Waals surface area contributed by atoms with Gasteiger partial charge in [0, 0.05) is 10.2 Å². The van der Waals surface area contributed by atoms with E-state index in [9.17, 15) is 9.59 Å². The Morgan fingerprint density at radius 1 is 0.964 bits per heavy atom. The van der Waals surface area contributed by atoms with E-state index in [1.807, 2.05) is 19.1 Å². The number of hydrogen-bond donors (Lipinski definition) is 3. The Labute approximate surface area is 182 Å². The lowest BCUT2D eigenvalue weighted by Gasteiger charge is -2.13. The molecule has 2 aromatic carbocycles. The average molecular weight is 513 g/mol. The van der Waals surface area contributed by atoms with Gasteiger partial charge in [0.05, 0.1) is 17.7 Å². The third-order valence-corrected chi connectivity index (χ3v) is 4.60. The summed E-state index contributed by atoms with van der Waals surface area (Å²) in [5, 5.41) is 2.48. The van der Waals surface area contributed by atoms with E-state index < -0.39 is 5.91 Å². The monoisotopic (exact) mass is 513 g/mol. The molecule has 2 amide bonds. The third-order valence-electron chi connectivity index (χ3n) is 3.46. The lowest BCUT2D eigenvalue weighted by molar-refractivity contribution is 0.0930. The van der Waals surface area contributed by atoms with Crippen LogP contribution in [-0.2, 0) is 4.74 Å². The second kappa shape index (κ2) is 11.6. The van der Waals surface area contributed by atoms with E-state index in [0.29, 0.717) is 36.7 Å². The average Bonchev–Trinajstić information content (AvgIpc) is 2.70. The first-order valence-corrected chi connectivity index (χ1v) is 9.97. The van der Waals surface area contributed by atoms with Crippen LogP contribution in [0.4, 0.5) is 0 Å². The molecule has 0 atom stereocenters. The number of nitrogens with one attached hydrogen (secondary N) is 3. The normalized spacial score (nSPS) is 10.1. The highest BCUT2D eigenvalue weighted by Crippen LogP contribution is 2.17. The molecule has 148 valence electrons. The van der Waals surface area contributed by atoms with Crippen molar-refractivity contribution in [2.24, 2.45) is 0 Å². The number of para-hydroxylation sites is 1. The number of carbonyl (C=O) groups is 2. The number of hydrazine groups is 1. The summed E-state index contributed by atoms with van der Waals surface area (Å²) >= 11 is 7.14. The molecule has 2 aromatic rings. The van der Waals surface area contributed by atoms with Gasteiger partial charge in [0.2, 0.25) is 0 Å². The molecule has 7 nitrogen and oxygen atoms in total. The predicted molar refractivity (Wildman–Crippen MR) is 118 cm³/mol. The quantitative estimate of drug-likeness (QED) is 0.229. The maximum atomic E-state index is 12.5. The van der Waals surface area contributed by atoms with Crippen molar-refractivity contribution in [2.75, 3.05) is 19.8 Å². The van der Waals surface area contributed by atoms with Crippen LogP contribution in [0.2, 0.25) is 0 Å². The minimum atomic E-state index is -0.451. The lowest BCUT2D eigenvalue weighted by Crippen LogP contribution is -2.48. The Morgan fingerprint density at radius 2 is 1.64 bits per heavy atom. The van der Waals surface area contributed by atoms with Crippen molar-refractivity contribution in [2.45, 2.75) is 6.92 Å². The van der Waals surface area contributed by atoms with Crippen molar-refractivity contribution < 1.29 is 19.1 Å². The van der Waals surface area contributed by atoms with Gasteiger partial charge in [0.25, 0.3) is 11.8 Å². The molecule has 0 aliphatic carbocycles. The summed E-state index contributed by atoms with van der Waals surface area (Å²) in [6.45, 7) is 3.25. The third kappa shape index (κ3) is 6.73. The fourth-order valence-corrected chi connectivity index (χ4v) is 2.94. The number of carbonyl (C=O) groups excluding carboxylic acids is 2. The van der Waals surface area contributed by atoms with Gasteiger partial charge in [-0.25, -0.2) is 0 Å². The van der Waals surface area contributed by atoms with Gasteiger partial charge in [0.15, 0.2) is 5.11 Å². The Bertz CT molecular complexity index is 847. The van der Waals surface area contributed by atoms with E-state index in [1.165, 1.54) is 0 Å². The van der Waals surface area contributed by atoms with Gasteiger partial charge >= 0.3 is 0 Å². The number of rotatable bonds is 7. The molecule has 0 saturated carbocycles. The van der Waals surface area contributed by atoms with Crippen molar-refractivity contribution in [3.63, 3.8) is 0 Å². The van der Waals surface area contributed by atoms with E-state index in [-0.39, 0.29) is 11.0 Å². The SMILES string of the molecule is CCOCCOc1ccccc1C(=O)NC(=S)NNC(=O)c1ccccc1I. The molecule has 0 heterocycles. The van der Waals surface area contributed by atoms with E-state index in [4.69, 9.17) is 21.7 Å². The van der Waals surface area contributed by atoms with Crippen LogP contribution < -0.4 is 20.9 Å². The van der Waals surface area contributed by atoms with Crippen LogP contribution in [-0.4, -0.2) is 36.7 Å². The van der Waals surface area contributed by atoms with Crippen molar-refractivity contribution >= 4 is 51.7 Å². The Balaban J connectivity index is 1.89. The Morgan fingerprint density at radius 3 is 2.36 bits per heavy atom. The zero-order valence-corrected chi connectivity index (χ0v) is 18.1. The highest BCUT2D eigenvalue weighted by atomic mass is 127. The van der Waals surface area contributed by atoms with Gasteiger partial charge in [0.1, 0.15) is 12.4 Å². The van der Waals surface area contributed by atoms with Crippen molar-refractivity contribution in [3.8, 4) is 5.75 Å². The number of benzene rings is 2. The van der Waals surface area contributed by atoms with Crippen LogP contribution in [0.3, 0.4) is 0 Å². The molecule has 3 N–H and O–H groups in total. The minimum Gasteiger partial charge on any atom is -0.490 e. The molecule has 9 heteroatoms. The first-order chi connectivity index (χ1) is 13.5. The summed E-state index contributed by atoms with van der Waals surface area (Å²) in [6, 6.07) is 13.9. The van der Waals surface area contributed by atoms with Crippen molar-refractivity contribution in [1.29, 1.82) is 0 Å². The summed E-state index contributed by atoms with van der Waals surface area (Å²) < 4.78 is 11.6. The highest BCUT2D eigenvalue weighted by molar-refractivity contribution is 14.1. The number of halogens is 1. The molecule has 0 aromatic heterocycles. The second-order valence-electron chi connectivity index (χ2n) is 5.38. The van der Waals surface area contributed by atoms with E-state index >= 15 is 0 Å². The van der Waals surface area contributed by atoms with Gasteiger partial charge in [-0.3, -0.25) is 25.8 Å². The van der Waals surface area contributed by atoms with Gasteiger partial charge < -0.3 is 9.47 Å². The van der Waals surface area contributed by atoms with Crippen LogP contribution in [0.5, 0.6) is 5.75 Å². The molecule has 2 rings (SSSR count). The van der Waals surface area contributed by atoms with Gasteiger partial charge in [-0.2, -0.15) is 0 Å². The number of thiocarbonyl (C=S) groups is 1. The topological polar surface area (TPSA) is 88.7 Å². The van der Waals surface area contributed by atoms with Crippen LogP contribution >= 0.6 is 34.8 Å². The van der Waals surface area contributed by atoms with E-state index in [1.54, 1.807) is 36.4 Å². The van der Waals surface area contributed by atoms with Gasteiger partial charge in [-0.05, 0) is 66.0 Å². The molecule has 0 bridgehead atoms. The predicted octanol–water partition coefficient (Wildman–Crippen LogP) is 2.66. The Hall–Kier alpha value is -2.24. The summed E-state index contributed by atoms with van der Waals surface area (Å²) in [4.78, 5) is 24.6. The molecule has 0 unspecified atom stereocenters. The zero-order chi connectivity index (χ0) is 20.4. The molecule has 0 radical (unpaired) electrons. The number of amides is 2. The minimum absolute atomic E-state index is 0.0339. The lowest BCUT2D eigenvalue weighted by atomic mass is 10.2. The van der Waals surface area contributed by atoms with Crippen molar-refractivity contribution in [1.82, 2.24) is 16.2 Å². The molecule has 0 spiro atoms. The highest BCUT2D eigenvalue weighted by Gasteiger charge is 2.14. The fraction of sp³-hybridized carbons (Fsp3) is 0.211. The number of hydrogen-bond acceptors (Lipinski definition) is 5. The molecule has 0 aliphatic rings. The van der Waals surface area contributed by atoms with E-state index in [0.717, 1.165) is 3.57 Å². The largest absolute Gasteiger partial charge is 0.490 e. The maximum Gasteiger partial charge on any atom is 0.270 e. The van der Waals surface area contributed by atoms with Gasteiger partial charge in [-0.1, -0.05) is 24.3 Å². The van der Waals surface area contributed by atoms with E-state index in [2.05, 4.69) is 38.8 Å². The summed E-state index contributed by atoms with van der Waals surface area (Å²) in [5.41, 5.74) is 5.81. The first kappa shape index (κ1) is 22.1. The van der Waals surface area contributed by atoms with Crippen LogP contribution in [0.15, 0.2) is 48.5 Å². The van der Waals surface area contributed by atoms with Gasteiger partial charge in [-0.15, -0.1) is 0 Å². The van der Waals surface area contributed by atoms with Crippen molar-refractivity contribution in [3.05, 3.63) is 63.2 Å². The fourth-order valence-electron chi connectivity index (χ4n) is 2.16. The summed E-state index contributed by atoms with van der Waals surface area (Å²) in [7, 11) is 0. The molecule has 0 aliphatic heterocycles. The number of ether oxygens (including phenoxy) is 2. The summed E-state index contributed by atoms with van der Waals surface area (Å²) in [5.74, 6) is -0.389.